The maximum absolute atomic E-state index is 10.4. The topological polar surface area (TPSA) is 72.2 Å². The Hall–Kier alpha value is -1.58. The third-order valence-electron chi connectivity index (χ3n) is 1.39. The van der Waals surface area contributed by atoms with Crippen LogP contribution in [0.5, 0.6) is 0 Å². The Morgan fingerprint density at radius 2 is 1.93 bits per heavy atom. The van der Waals surface area contributed by atoms with Crippen molar-refractivity contribution >= 4 is 11.8 Å². The smallest absolute Gasteiger partial charge is 0.244 e. The summed E-state index contributed by atoms with van der Waals surface area (Å²) >= 11 is 0. The molecule has 4 heteroatoms. The molecule has 0 fully saturated rings. The lowest BCUT2D eigenvalue weighted by Crippen LogP contribution is -2.27. The van der Waals surface area contributed by atoms with Gasteiger partial charge in [-0.1, -0.05) is 20.1 Å². The van der Waals surface area contributed by atoms with Crippen LogP contribution in [-0.2, 0) is 9.59 Å². The monoisotopic (exact) mass is 212 g/mol. The minimum atomic E-state index is -0.400. The fourth-order valence-corrected chi connectivity index (χ4v) is 0.518. The molecule has 4 nitrogen and oxygen atoms in total. The summed E-state index contributed by atoms with van der Waals surface area (Å²) < 4.78 is 0. The molecule has 0 aliphatic heterocycles. The average Bonchev–Trinajstić information content (AvgIpc) is 2.16. The molecular formula is C11H20N2O2. The summed E-state index contributed by atoms with van der Waals surface area (Å²) in [7, 11) is 0. The van der Waals surface area contributed by atoms with Gasteiger partial charge in [0.25, 0.3) is 0 Å². The van der Waals surface area contributed by atoms with Crippen molar-refractivity contribution in [3.8, 4) is 0 Å². The van der Waals surface area contributed by atoms with Gasteiger partial charge in [-0.2, -0.15) is 0 Å². The van der Waals surface area contributed by atoms with Gasteiger partial charge in [0.05, 0.1) is 0 Å². The lowest BCUT2D eigenvalue weighted by Gasteiger charge is -2.02. The van der Waals surface area contributed by atoms with Gasteiger partial charge in [0.1, 0.15) is 0 Å². The van der Waals surface area contributed by atoms with E-state index in [2.05, 4.69) is 18.5 Å². The van der Waals surface area contributed by atoms with Gasteiger partial charge < -0.3 is 11.1 Å². The highest BCUT2D eigenvalue weighted by molar-refractivity contribution is 5.91. The summed E-state index contributed by atoms with van der Waals surface area (Å²) in [5, 5.41) is 2.64. The number of carbonyl (C=O) groups excluding carboxylic acids is 2. The van der Waals surface area contributed by atoms with Crippen molar-refractivity contribution in [1.82, 2.24) is 5.32 Å². The first-order valence-corrected chi connectivity index (χ1v) is 4.75. The third-order valence-corrected chi connectivity index (χ3v) is 1.39. The fourth-order valence-electron chi connectivity index (χ4n) is 0.518. The molecule has 0 spiro atoms. The predicted octanol–water partition coefficient (Wildman–Crippen LogP) is 1.13. The van der Waals surface area contributed by atoms with E-state index in [-0.39, 0.29) is 11.9 Å². The van der Waals surface area contributed by atoms with Crippen molar-refractivity contribution in [3.05, 3.63) is 24.8 Å². The number of rotatable bonds is 4. The van der Waals surface area contributed by atoms with E-state index in [0.717, 1.165) is 0 Å². The molecule has 86 valence electrons. The molecule has 0 bridgehead atoms. The van der Waals surface area contributed by atoms with Crippen LogP contribution in [0.4, 0.5) is 0 Å². The molecule has 0 heterocycles. The molecule has 0 aromatic rings. The van der Waals surface area contributed by atoms with Gasteiger partial charge in [0.2, 0.25) is 11.8 Å². The van der Waals surface area contributed by atoms with Crippen molar-refractivity contribution in [2.24, 2.45) is 5.73 Å². The second-order valence-electron chi connectivity index (χ2n) is 3.19. The Labute approximate surface area is 91.2 Å². The van der Waals surface area contributed by atoms with Gasteiger partial charge >= 0.3 is 0 Å². The Morgan fingerprint density at radius 3 is 2.00 bits per heavy atom. The fraction of sp³-hybridized carbons (Fsp3) is 0.455. The van der Waals surface area contributed by atoms with Crippen LogP contribution in [0.25, 0.3) is 0 Å². The molecule has 0 unspecified atom stereocenters. The second kappa shape index (κ2) is 8.99. The van der Waals surface area contributed by atoms with Crippen molar-refractivity contribution in [2.45, 2.75) is 33.2 Å². The molecule has 0 saturated heterocycles. The quantitative estimate of drug-likeness (QED) is 0.686. The predicted molar refractivity (Wildman–Crippen MR) is 62.1 cm³/mol. The van der Waals surface area contributed by atoms with Crippen LogP contribution in [-0.4, -0.2) is 17.9 Å². The Balaban J connectivity index is 0. The molecule has 0 aliphatic carbocycles. The van der Waals surface area contributed by atoms with Gasteiger partial charge in [0, 0.05) is 11.6 Å². The molecule has 0 radical (unpaired) electrons. The summed E-state index contributed by atoms with van der Waals surface area (Å²) in [6, 6.07) is 0.209. The van der Waals surface area contributed by atoms with E-state index in [1.165, 1.54) is 6.08 Å². The number of nitrogens with two attached hydrogens (primary N) is 1. The summed E-state index contributed by atoms with van der Waals surface area (Å²) in [5.74, 6) is -0.512. The number of hydrogen-bond donors (Lipinski definition) is 2. The highest BCUT2D eigenvalue weighted by Crippen LogP contribution is 1.91. The number of primary amides is 1. The van der Waals surface area contributed by atoms with E-state index in [1.807, 2.05) is 20.8 Å². The first-order valence-electron chi connectivity index (χ1n) is 4.75. The highest BCUT2D eigenvalue weighted by Gasteiger charge is 1.94. The SMILES string of the molecule is C=C(CC)C(N)=O.C=CC(=O)NC(C)C. The zero-order valence-electron chi connectivity index (χ0n) is 9.67. The minimum absolute atomic E-state index is 0.111. The first kappa shape index (κ1) is 15.9. The van der Waals surface area contributed by atoms with Gasteiger partial charge in [-0.05, 0) is 26.3 Å². The largest absolute Gasteiger partial charge is 0.366 e. The first-order chi connectivity index (χ1) is 6.84. The zero-order chi connectivity index (χ0) is 12.4. The lowest BCUT2D eigenvalue weighted by atomic mass is 10.2. The van der Waals surface area contributed by atoms with Crippen LogP contribution in [0.1, 0.15) is 27.2 Å². The Kier molecular flexibility index (Phi) is 9.52. The normalized spacial score (nSPS) is 8.53. The Morgan fingerprint density at radius 1 is 1.47 bits per heavy atom. The third kappa shape index (κ3) is 12.4. The van der Waals surface area contributed by atoms with E-state index in [9.17, 15) is 9.59 Å². The molecule has 15 heavy (non-hydrogen) atoms. The highest BCUT2D eigenvalue weighted by atomic mass is 16.1. The van der Waals surface area contributed by atoms with Crippen molar-refractivity contribution in [3.63, 3.8) is 0 Å². The van der Waals surface area contributed by atoms with Crippen LogP contribution in [0, 0.1) is 0 Å². The molecular weight excluding hydrogens is 192 g/mol. The number of nitrogens with one attached hydrogen (secondary N) is 1. The summed E-state index contributed by atoms with van der Waals surface area (Å²) in [4.78, 5) is 20.4. The van der Waals surface area contributed by atoms with Crippen molar-refractivity contribution < 1.29 is 9.59 Å². The summed E-state index contributed by atoms with van der Waals surface area (Å²) in [6.07, 6.45) is 1.91. The molecule has 0 aromatic carbocycles. The molecule has 0 atom stereocenters. The van der Waals surface area contributed by atoms with Gasteiger partial charge in [-0.3, -0.25) is 9.59 Å². The van der Waals surface area contributed by atoms with Gasteiger partial charge in [-0.25, -0.2) is 0 Å². The lowest BCUT2D eigenvalue weighted by molar-refractivity contribution is -0.117. The maximum atomic E-state index is 10.4. The molecule has 0 aromatic heterocycles. The number of amides is 2. The molecule has 2 amide bonds. The number of hydrogen-bond acceptors (Lipinski definition) is 2. The van der Waals surface area contributed by atoms with Crippen molar-refractivity contribution in [1.29, 1.82) is 0 Å². The van der Waals surface area contributed by atoms with Crippen LogP contribution in [0.2, 0.25) is 0 Å². The van der Waals surface area contributed by atoms with Crippen LogP contribution in [0.15, 0.2) is 24.8 Å². The molecule has 3 N–H and O–H groups in total. The van der Waals surface area contributed by atoms with E-state index in [1.54, 1.807) is 0 Å². The molecule has 0 aliphatic rings. The second-order valence-corrected chi connectivity index (χ2v) is 3.19. The molecule has 0 saturated carbocycles. The Bertz CT molecular complexity index is 245. The van der Waals surface area contributed by atoms with Crippen LogP contribution in [0.3, 0.4) is 0 Å². The minimum Gasteiger partial charge on any atom is -0.366 e. The van der Waals surface area contributed by atoms with E-state index in [0.29, 0.717) is 12.0 Å². The van der Waals surface area contributed by atoms with Crippen LogP contribution >= 0.6 is 0 Å². The average molecular weight is 212 g/mol. The summed E-state index contributed by atoms with van der Waals surface area (Å²) in [6.45, 7) is 12.3. The van der Waals surface area contributed by atoms with Crippen LogP contribution < -0.4 is 11.1 Å². The van der Waals surface area contributed by atoms with E-state index >= 15 is 0 Å². The standard InChI is InChI=1S/C6H11NO.C5H9NO/c1-4-6(8)7-5(2)3;1-3-4(2)5(6)7/h4-5H,1H2,2-3H3,(H,7,8);2-3H2,1H3,(H2,6,7). The summed E-state index contributed by atoms with van der Waals surface area (Å²) in [5.41, 5.74) is 5.29. The van der Waals surface area contributed by atoms with Gasteiger partial charge in [0.15, 0.2) is 0 Å². The van der Waals surface area contributed by atoms with E-state index < -0.39 is 5.91 Å². The number of carbonyl (C=O) groups is 2. The van der Waals surface area contributed by atoms with Crippen molar-refractivity contribution in [2.75, 3.05) is 0 Å². The molecule has 0 rings (SSSR count). The van der Waals surface area contributed by atoms with Gasteiger partial charge in [-0.15, -0.1) is 0 Å². The zero-order valence-corrected chi connectivity index (χ0v) is 9.67. The van der Waals surface area contributed by atoms with E-state index in [4.69, 9.17) is 5.73 Å². The maximum Gasteiger partial charge on any atom is 0.244 e.